The van der Waals surface area contributed by atoms with Gasteiger partial charge in [-0.3, -0.25) is 14.6 Å². The molecule has 3 rings (SSSR count). The molecule has 0 bridgehead atoms. The van der Waals surface area contributed by atoms with Crippen LogP contribution in [0.2, 0.25) is 0 Å². The number of likely N-dealkylation sites (N-methyl/N-ethyl adjacent to an activating group) is 1. The van der Waals surface area contributed by atoms with Gasteiger partial charge >= 0.3 is 0 Å². The van der Waals surface area contributed by atoms with Gasteiger partial charge in [-0.05, 0) is 25.9 Å². The van der Waals surface area contributed by atoms with E-state index in [0.29, 0.717) is 12.5 Å². The molecule has 0 atom stereocenters. The van der Waals surface area contributed by atoms with Crippen molar-refractivity contribution >= 4 is 22.4 Å². The minimum absolute atomic E-state index is 0.0829. The summed E-state index contributed by atoms with van der Waals surface area (Å²) >= 11 is 1.47. The van der Waals surface area contributed by atoms with Crippen LogP contribution in [0.1, 0.15) is 24.7 Å². The van der Waals surface area contributed by atoms with Crippen LogP contribution < -0.4 is 4.90 Å². The fraction of sp³-hybridized carbons (Fsp3) is 0.500. The number of oxazole rings is 1. The van der Waals surface area contributed by atoms with Crippen LogP contribution in [-0.4, -0.2) is 47.5 Å². The Kier molecular flexibility index (Phi) is 4.31. The van der Waals surface area contributed by atoms with E-state index in [9.17, 15) is 4.79 Å². The molecule has 7 heteroatoms. The van der Waals surface area contributed by atoms with Crippen LogP contribution in [0, 0.1) is 0 Å². The Morgan fingerprint density at radius 1 is 1.43 bits per heavy atom. The summed E-state index contributed by atoms with van der Waals surface area (Å²) in [5, 5.41) is 2.62. The number of thiazole rings is 1. The highest BCUT2D eigenvalue weighted by molar-refractivity contribution is 7.13. The van der Waals surface area contributed by atoms with Gasteiger partial charge in [-0.25, -0.2) is 9.97 Å². The number of hydrogen-bond acceptors (Lipinski definition) is 6. The summed E-state index contributed by atoms with van der Waals surface area (Å²) in [4.78, 5) is 24.4. The van der Waals surface area contributed by atoms with Crippen molar-refractivity contribution in [1.29, 1.82) is 0 Å². The van der Waals surface area contributed by atoms with Crippen molar-refractivity contribution in [3.8, 4) is 0 Å². The summed E-state index contributed by atoms with van der Waals surface area (Å²) in [5.41, 5.74) is 0. The lowest BCUT2D eigenvalue weighted by Gasteiger charge is -2.30. The summed E-state index contributed by atoms with van der Waals surface area (Å²) in [5.74, 6) is 1.28. The third kappa shape index (κ3) is 3.30. The van der Waals surface area contributed by atoms with E-state index in [1.54, 1.807) is 30.6 Å². The second-order valence-electron chi connectivity index (χ2n) is 5.19. The highest BCUT2D eigenvalue weighted by Gasteiger charge is 2.25. The van der Waals surface area contributed by atoms with Gasteiger partial charge in [0.25, 0.3) is 0 Å². The van der Waals surface area contributed by atoms with Gasteiger partial charge in [-0.1, -0.05) is 0 Å². The van der Waals surface area contributed by atoms with Crippen LogP contribution >= 0.6 is 11.3 Å². The van der Waals surface area contributed by atoms with Crippen LogP contribution in [0.25, 0.3) is 0 Å². The molecule has 0 aromatic carbocycles. The topological polar surface area (TPSA) is 62.5 Å². The Morgan fingerprint density at radius 2 is 2.24 bits per heavy atom. The van der Waals surface area contributed by atoms with Gasteiger partial charge in [0, 0.05) is 24.5 Å². The number of anilines is 1. The zero-order valence-electron chi connectivity index (χ0n) is 11.9. The fourth-order valence-corrected chi connectivity index (χ4v) is 3.18. The minimum Gasteiger partial charge on any atom is -0.449 e. The molecule has 0 saturated carbocycles. The van der Waals surface area contributed by atoms with Gasteiger partial charge in [-0.2, -0.15) is 0 Å². The first-order valence-electron chi connectivity index (χ1n) is 7.02. The summed E-state index contributed by atoms with van der Waals surface area (Å²) in [6.45, 7) is 2.23. The van der Waals surface area contributed by atoms with Crippen molar-refractivity contribution in [2.24, 2.45) is 0 Å². The lowest BCUT2D eigenvalue weighted by atomic mass is 9.97. The summed E-state index contributed by atoms with van der Waals surface area (Å²) in [6.07, 6.45) is 6.98. The summed E-state index contributed by atoms with van der Waals surface area (Å²) < 4.78 is 5.36. The van der Waals surface area contributed by atoms with E-state index >= 15 is 0 Å². The molecule has 1 aliphatic heterocycles. The molecule has 2 aromatic heterocycles. The molecule has 1 amide bonds. The van der Waals surface area contributed by atoms with Crippen molar-refractivity contribution in [2.45, 2.75) is 18.8 Å². The van der Waals surface area contributed by atoms with Crippen molar-refractivity contribution in [2.75, 3.05) is 31.6 Å². The van der Waals surface area contributed by atoms with E-state index in [1.165, 1.54) is 11.3 Å². The van der Waals surface area contributed by atoms with E-state index in [0.717, 1.165) is 37.0 Å². The number of carbonyl (C=O) groups is 1. The second kappa shape index (κ2) is 6.36. The predicted molar refractivity (Wildman–Crippen MR) is 80.4 cm³/mol. The molecule has 0 radical (unpaired) electrons. The van der Waals surface area contributed by atoms with E-state index < -0.39 is 0 Å². The highest BCUT2D eigenvalue weighted by atomic mass is 32.1. The fourth-order valence-electron chi connectivity index (χ4n) is 2.56. The normalized spacial score (nSPS) is 17.0. The molecule has 0 unspecified atom stereocenters. The average Bonchev–Trinajstić information content (AvgIpc) is 3.20. The third-order valence-corrected chi connectivity index (χ3v) is 4.68. The number of rotatable bonds is 4. The zero-order chi connectivity index (χ0) is 14.7. The Morgan fingerprint density at radius 3 is 2.86 bits per heavy atom. The van der Waals surface area contributed by atoms with E-state index in [2.05, 4.69) is 14.9 Å². The first-order valence-corrected chi connectivity index (χ1v) is 7.90. The Hall–Kier alpha value is -1.73. The van der Waals surface area contributed by atoms with Gasteiger partial charge in [0.1, 0.15) is 6.26 Å². The third-order valence-electron chi connectivity index (χ3n) is 3.83. The zero-order valence-corrected chi connectivity index (χ0v) is 12.8. The molecule has 0 N–H and O–H groups in total. The van der Waals surface area contributed by atoms with Gasteiger partial charge in [0.2, 0.25) is 5.91 Å². The summed E-state index contributed by atoms with van der Waals surface area (Å²) in [7, 11) is 1.78. The van der Waals surface area contributed by atoms with Crippen molar-refractivity contribution in [3.63, 3.8) is 0 Å². The van der Waals surface area contributed by atoms with Crippen molar-refractivity contribution < 1.29 is 9.21 Å². The molecule has 0 aliphatic carbocycles. The maximum absolute atomic E-state index is 12.2. The smallest absolute Gasteiger partial charge is 0.242 e. The summed E-state index contributed by atoms with van der Waals surface area (Å²) in [6, 6.07) is 0. The lowest BCUT2D eigenvalue weighted by Crippen LogP contribution is -2.42. The molecule has 0 spiro atoms. The number of piperidine rings is 1. The molecular weight excluding hydrogens is 288 g/mol. The van der Waals surface area contributed by atoms with Crippen LogP contribution in [0.5, 0.6) is 0 Å². The van der Waals surface area contributed by atoms with Gasteiger partial charge < -0.3 is 4.42 Å². The van der Waals surface area contributed by atoms with E-state index in [4.69, 9.17) is 4.42 Å². The maximum atomic E-state index is 12.2. The molecule has 1 aliphatic rings. The first kappa shape index (κ1) is 14.2. The van der Waals surface area contributed by atoms with Crippen molar-refractivity contribution in [1.82, 2.24) is 14.9 Å². The molecule has 1 saturated heterocycles. The molecular formula is C14H18N4O2S. The number of nitrogens with zero attached hydrogens (tertiary/aromatic N) is 4. The van der Waals surface area contributed by atoms with E-state index in [-0.39, 0.29) is 5.91 Å². The van der Waals surface area contributed by atoms with Crippen LogP contribution in [0.15, 0.2) is 28.5 Å². The monoisotopic (exact) mass is 306 g/mol. The number of aromatic nitrogens is 2. The Labute approximate surface area is 127 Å². The maximum Gasteiger partial charge on any atom is 0.242 e. The first-order chi connectivity index (χ1) is 10.2. The van der Waals surface area contributed by atoms with Gasteiger partial charge in [-0.15, -0.1) is 11.3 Å². The number of carbonyl (C=O) groups excluding carboxylic acids is 1. The van der Waals surface area contributed by atoms with Crippen LogP contribution in [-0.2, 0) is 4.79 Å². The molecule has 1 fully saturated rings. The van der Waals surface area contributed by atoms with E-state index in [1.807, 2.05) is 5.38 Å². The standard InChI is InChI=1S/C14H18N4O2S/c1-17(14-16-5-9-21-14)12(19)10-18-6-2-11(3-7-18)13-15-4-8-20-13/h4-5,8-9,11H,2-3,6-7,10H2,1H3. The predicted octanol–water partition coefficient (Wildman–Crippen LogP) is 1.97. The van der Waals surface area contributed by atoms with Crippen LogP contribution in [0.3, 0.4) is 0 Å². The van der Waals surface area contributed by atoms with Crippen molar-refractivity contribution in [3.05, 3.63) is 29.9 Å². The minimum atomic E-state index is 0.0829. The Balaban J connectivity index is 1.50. The Bertz CT molecular complexity index is 562. The largest absolute Gasteiger partial charge is 0.449 e. The molecule has 2 aromatic rings. The second-order valence-corrected chi connectivity index (χ2v) is 6.06. The number of hydrogen-bond donors (Lipinski definition) is 0. The van der Waals surface area contributed by atoms with Gasteiger partial charge in [0.05, 0.1) is 12.7 Å². The average molecular weight is 306 g/mol. The number of amides is 1. The molecule has 112 valence electrons. The highest BCUT2D eigenvalue weighted by Crippen LogP contribution is 2.26. The quantitative estimate of drug-likeness (QED) is 0.864. The molecule has 21 heavy (non-hydrogen) atoms. The lowest BCUT2D eigenvalue weighted by molar-refractivity contribution is -0.119. The van der Waals surface area contributed by atoms with Gasteiger partial charge in [0.15, 0.2) is 11.0 Å². The number of likely N-dealkylation sites (tertiary alicyclic amines) is 1. The molecule has 3 heterocycles. The SMILES string of the molecule is CN(C(=O)CN1CCC(c2ncco2)CC1)c1nccs1. The molecule has 6 nitrogen and oxygen atoms in total. The van der Waals surface area contributed by atoms with Crippen LogP contribution in [0.4, 0.5) is 5.13 Å².